The van der Waals surface area contributed by atoms with Gasteiger partial charge in [0.2, 0.25) is 10.0 Å². The second kappa shape index (κ2) is 7.75. The second-order valence-electron chi connectivity index (χ2n) is 6.40. The maximum Gasteiger partial charge on any atom is 0.258 e. The molecule has 1 heterocycles. The maximum absolute atomic E-state index is 12.7. The third-order valence-corrected chi connectivity index (χ3v) is 7.15. The van der Waals surface area contributed by atoms with Crippen LogP contribution >= 0.6 is 27.3 Å². The van der Waals surface area contributed by atoms with Crippen molar-refractivity contribution in [2.75, 3.05) is 5.32 Å². The van der Waals surface area contributed by atoms with E-state index in [0.29, 0.717) is 9.60 Å². The summed E-state index contributed by atoms with van der Waals surface area (Å²) >= 11 is 4.63. The molecule has 2 N–H and O–H groups in total. The van der Waals surface area contributed by atoms with Crippen LogP contribution in [-0.2, 0) is 10.0 Å². The van der Waals surface area contributed by atoms with Gasteiger partial charge in [-0.2, -0.15) is 0 Å². The Kier molecular flexibility index (Phi) is 5.33. The zero-order valence-corrected chi connectivity index (χ0v) is 17.8. The van der Waals surface area contributed by atoms with Crippen molar-refractivity contribution < 1.29 is 13.2 Å². The molecule has 144 valence electrons. The topological polar surface area (TPSA) is 88.2 Å². The third kappa shape index (κ3) is 4.33. The first-order chi connectivity index (χ1) is 13.4. The van der Waals surface area contributed by atoms with E-state index in [1.54, 1.807) is 6.07 Å². The van der Waals surface area contributed by atoms with Crippen LogP contribution in [0.2, 0.25) is 0 Å². The predicted molar refractivity (Wildman–Crippen MR) is 113 cm³/mol. The highest BCUT2D eigenvalue weighted by atomic mass is 79.9. The molecule has 1 amide bonds. The second-order valence-corrected chi connectivity index (χ2v) is 9.82. The van der Waals surface area contributed by atoms with E-state index in [-0.39, 0.29) is 16.5 Å². The predicted octanol–water partition coefficient (Wildman–Crippen LogP) is 4.27. The number of rotatable bonds is 6. The van der Waals surface area contributed by atoms with E-state index in [1.165, 1.54) is 23.5 Å². The monoisotopic (exact) mass is 477 g/mol. The molecule has 1 aromatic heterocycles. The van der Waals surface area contributed by atoms with Gasteiger partial charge in [0.15, 0.2) is 5.13 Å². The number of nitrogens with one attached hydrogen (secondary N) is 2. The molecule has 6 nitrogen and oxygen atoms in total. The van der Waals surface area contributed by atoms with Crippen molar-refractivity contribution in [2.24, 2.45) is 0 Å². The van der Waals surface area contributed by atoms with Gasteiger partial charge in [0, 0.05) is 21.5 Å². The minimum atomic E-state index is -3.64. The van der Waals surface area contributed by atoms with Crippen LogP contribution < -0.4 is 10.0 Å². The van der Waals surface area contributed by atoms with Crippen molar-refractivity contribution in [1.82, 2.24) is 9.71 Å². The standard InChI is InChI=1S/C19H16BrN3O3S2/c20-16-9-8-14(28(25,26)23-13-6-7-13)10-15(16)18(24)22-19-21-17(11-27-19)12-4-2-1-3-5-12/h1-5,8-11,13,23H,6-7H2,(H,21,22,24). The van der Waals surface area contributed by atoms with Gasteiger partial charge in [-0.05, 0) is 47.0 Å². The number of sulfonamides is 1. The zero-order valence-electron chi connectivity index (χ0n) is 14.6. The lowest BCUT2D eigenvalue weighted by atomic mass is 10.2. The van der Waals surface area contributed by atoms with E-state index in [9.17, 15) is 13.2 Å². The smallest absolute Gasteiger partial charge is 0.258 e. The summed E-state index contributed by atoms with van der Waals surface area (Å²) in [6.07, 6.45) is 1.69. The van der Waals surface area contributed by atoms with Gasteiger partial charge in [-0.25, -0.2) is 18.1 Å². The average Bonchev–Trinajstić information content (AvgIpc) is 3.36. The van der Waals surface area contributed by atoms with Crippen molar-refractivity contribution >= 4 is 48.3 Å². The average molecular weight is 478 g/mol. The summed E-state index contributed by atoms with van der Waals surface area (Å²) in [5.74, 6) is -0.427. The molecule has 1 aliphatic rings. The Morgan fingerprint density at radius 1 is 1.14 bits per heavy atom. The van der Waals surface area contributed by atoms with Crippen LogP contribution in [0.5, 0.6) is 0 Å². The molecule has 3 aromatic rings. The largest absolute Gasteiger partial charge is 0.298 e. The normalized spacial score (nSPS) is 14.0. The number of anilines is 1. The molecule has 1 fully saturated rings. The fraction of sp³-hybridized carbons (Fsp3) is 0.158. The third-order valence-electron chi connectivity index (χ3n) is 4.19. The summed E-state index contributed by atoms with van der Waals surface area (Å²) in [6.45, 7) is 0. The molecule has 0 unspecified atom stereocenters. The van der Waals surface area contributed by atoms with Gasteiger partial charge in [0.25, 0.3) is 5.91 Å². The Balaban J connectivity index is 1.55. The van der Waals surface area contributed by atoms with Crippen LogP contribution in [0.4, 0.5) is 5.13 Å². The number of carbonyl (C=O) groups excluding carboxylic acids is 1. The fourth-order valence-electron chi connectivity index (χ4n) is 2.57. The van der Waals surface area contributed by atoms with Crippen molar-refractivity contribution in [3.05, 3.63) is 63.9 Å². The van der Waals surface area contributed by atoms with Gasteiger partial charge in [-0.15, -0.1) is 11.3 Å². The molecule has 9 heteroatoms. The molecule has 0 aliphatic heterocycles. The van der Waals surface area contributed by atoms with Crippen molar-refractivity contribution in [3.63, 3.8) is 0 Å². The van der Waals surface area contributed by atoms with Crippen LogP contribution in [0, 0.1) is 0 Å². The summed E-state index contributed by atoms with van der Waals surface area (Å²) in [5.41, 5.74) is 1.96. The first-order valence-corrected chi connectivity index (χ1v) is 11.7. The van der Waals surface area contributed by atoms with Crippen molar-refractivity contribution in [2.45, 2.75) is 23.8 Å². The molecule has 2 aromatic carbocycles. The highest BCUT2D eigenvalue weighted by Crippen LogP contribution is 2.28. The van der Waals surface area contributed by atoms with Crippen molar-refractivity contribution in [1.29, 1.82) is 0 Å². The van der Waals surface area contributed by atoms with Gasteiger partial charge in [0.1, 0.15) is 0 Å². The van der Waals surface area contributed by atoms with Crippen LogP contribution in [0.3, 0.4) is 0 Å². The SMILES string of the molecule is O=C(Nc1nc(-c2ccccc2)cs1)c1cc(S(=O)(=O)NC2CC2)ccc1Br. The lowest BCUT2D eigenvalue weighted by molar-refractivity contribution is 0.102. The zero-order chi connectivity index (χ0) is 19.7. The molecule has 4 rings (SSSR count). The van der Waals surface area contributed by atoms with Crippen molar-refractivity contribution in [3.8, 4) is 11.3 Å². The first kappa shape index (κ1) is 19.3. The molecule has 1 saturated carbocycles. The minimum Gasteiger partial charge on any atom is -0.298 e. The molecule has 1 aliphatic carbocycles. The minimum absolute atomic E-state index is 0.00218. The number of carbonyl (C=O) groups is 1. The first-order valence-electron chi connectivity index (χ1n) is 8.56. The van der Waals surface area contributed by atoms with Crippen LogP contribution in [0.15, 0.2) is 63.3 Å². The summed E-state index contributed by atoms with van der Waals surface area (Å²) in [4.78, 5) is 17.2. The Bertz CT molecular complexity index is 1130. The highest BCUT2D eigenvalue weighted by Gasteiger charge is 2.28. The molecular formula is C19H16BrN3O3S2. The van der Waals surface area contributed by atoms with Gasteiger partial charge >= 0.3 is 0 Å². The van der Waals surface area contributed by atoms with E-state index in [2.05, 4.69) is 31.0 Å². The molecule has 28 heavy (non-hydrogen) atoms. The molecule has 0 atom stereocenters. The van der Waals surface area contributed by atoms with Gasteiger partial charge in [-0.3, -0.25) is 10.1 Å². The lowest BCUT2D eigenvalue weighted by Gasteiger charge is -2.09. The van der Waals surface area contributed by atoms with E-state index in [0.717, 1.165) is 24.1 Å². The van der Waals surface area contributed by atoms with Crippen LogP contribution in [0.25, 0.3) is 11.3 Å². The summed E-state index contributed by atoms with van der Waals surface area (Å²) in [5, 5.41) is 5.05. The number of nitrogens with zero attached hydrogens (tertiary/aromatic N) is 1. The summed E-state index contributed by atoms with van der Waals surface area (Å²) < 4.78 is 28.0. The number of thiazole rings is 1. The maximum atomic E-state index is 12.7. The van der Waals surface area contributed by atoms with E-state index in [1.807, 2.05) is 35.7 Å². The molecule has 0 saturated heterocycles. The van der Waals surface area contributed by atoms with Gasteiger partial charge < -0.3 is 0 Å². The Hall–Kier alpha value is -2.07. The van der Waals surface area contributed by atoms with Gasteiger partial charge in [0.05, 0.1) is 16.2 Å². The number of halogens is 1. The number of amides is 1. The number of hydrogen-bond donors (Lipinski definition) is 2. The van der Waals surface area contributed by atoms with Crippen LogP contribution in [0.1, 0.15) is 23.2 Å². The Labute approximate surface area is 175 Å². The number of hydrogen-bond acceptors (Lipinski definition) is 5. The Morgan fingerprint density at radius 3 is 2.61 bits per heavy atom. The highest BCUT2D eigenvalue weighted by molar-refractivity contribution is 9.10. The van der Waals surface area contributed by atoms with Gasteiger partial charge in [-0.1, -0.05) is 30.3 Å². The van der Waals surface area contributed by atoms with Crippen LogP contribution in [-0.4, -0.2) is 25.4 Å². The lowest BCUT2D eigenvalue weighted by Crippen LogP contribution is -2.26. The summed E-state index contributed by atoms with van der Waals surface area (Å²) in [7, 11) is -3.64. The van der Waals surface area contributed by atoms with E-state index in [4.69, 9.17) is 0 Å². The fourth-order valence-corrected chi connectivity index (χ4v) is 5.04. The van der Waals surface area contributed by atoms with E-state index < -0.39 is 15.9 Å². The number of benzene rings is 2. The molecule has 0 radical (unpaired) electrons. The molecule has 0 bridgehead atoms. The molecular weight excluding hydrogens is 462 g/mol. The Morgan fingerprint density at radius 2 is 1.89 bits per heavy atom. The number of aromatic nitrogens is 1. The van der Waals surface area contributed by atoms with E-state index >= 15 is 0 Å². The quantitative estimate of drug-likeness (QED) is 0.554. The molecule has 0 spiro atoms. The summed E-state index contributed by atoms with van der Waals surface area (Å²) in [6, 6.07) is 14.1.